The highest BCUT2D eigenvalue weighted by atomic mass is 16.5. The summed E-state index contributed by atoms with van der Waals surface area (Å²) < 4.78 is 10.6. The molecule has 1 aromatic rings. The molecular weight excluding hydrogens is 240 g/mol. The molecule has 0 bridgehead atoms. The minimum atomic E-state index is -0.111. The number of rotatable bonds is 4. The molecule has 0 aromatic heterocycles. The second-order valence-electron chi connectivity index (χ2n) is 4.90. The average Bonchev–Trinajstić information content (AvgIpc) is 2.49. The molecule has 2 rings (SSSR count). The predicted molar refractivity (Wildman–Crippen MR) is 72.4 cm³/mol. The summed E-state index contributed by atoms with van der Waals surface area (Å²) in [6, 6.07) is 8.10. The molecule has 1 N–H and O–H groups in total. The van der Waals surface area contributed by atoms with Gasteiger partial charge in [0.1, 0.15) is 6.07 Å². The van der Waals surface area contributed by atoms with Crippen molar-refractivity contribution in [3.63, 3.8) is 0 Å². The van der Waals surface area contributed by atoms with Gasteiger partial charge in [-0.05, 0) is 37.5 Å². The van der Waals surface area contributed by atoms with Crippen LogP contribution in [0.25, 0.3) is 0 Å². The number of hydrogen-bond donors (Lipinski definition) is 1. The van der Waals surface area contributed by atoms with Gasteiger partial charge in [0, 0.05) is 5.56 Å². The van der Waals surface area contributed by atoms with E-state index in [0.717, 1.165) is 18.7 Å². The zero-order chi connectivity index (χ0) is 13.7. The first-order chi connectivity index (χ1) is 9.30. The first-order valence-corrected chi connectivity index (χ1v) is 6.76. The Balaban J connectivity index is 2.25. The Labute approximate surface area is 114 Å². The van der Waals surface area contributed by atoms with E-state index in [9.17, 15) is 5.26 Å². The van der Waals surface area contributed by atoms with Gasteiger partial charge in [0.15, 0.2) is 11.5 Å². The van der Waals surface area contributed by atoms with Crippen LogP contribution in [0.4, 0.5) is 0 Å². The van der Waals surface area contributed by atoms with E-state index in [4.69, 9.17) is 9.47 Å². The summed E-state index contributed by atoms with van der Waals surface area (Å²) in [6.07, 6.45) is 3.70. The summed E-state index contributed by atoms with van der Waals surface area (Å²) in [5, 5.41) is 9.48. The zero-order valence-electron chi connectivity index (χ0n) is 11.6. The minimum absolute atomic E-state index is 0.111. The normalized spacial score (nSPS) is 17.5. The Hall–Kier alpha value is -1.73. The molecule has 102 valence electrons. The predicted octanol–water partition coefficient (Wildman–Crippen LogP) is 1.34. The fourth-order valence-corrected chi connectivity index (χ4v) is 2.73. The van der Waals surface area contributed by atoms with Crippen molar-refractivity contribution >= 4 is 0 Å². The molecule has 4 nitrogen and oxygen atoms in total. The number of benzene rings is 1. The van der Waals surface area contributed by atoms with Gasteiger partial charge in [-0.2, -0.15) is 5.26 Å². The number of methoxy groups -OCH3 is 2. The second-order valence-corrected chi connectivity index (χ2v) is 4.90. The van der Waals surface area contributed by atoms with E-state index < -0.39 is 0 Å². The molecule has 1 heterocycles. The van der Waals surface area contributed by atoms with Gasteiger partial charge in [0.25, 0.3) is 0 Å². The number of ether oxygens (including phenoxy) is 2. The number of nitrogens with zero attached hydrogens (tertiary/aromatic N) is 1. The van der Waals surface area contributed by atoms with Crippen LogP contribution in [0.1, 0.15) is 30.9 Å². The molecule has 0 unspecified atom stereocenters. The van der Waals surface area contributed by atoms with Crippen LogP contribution in [-0.2, 0) is 0 Å². The quantitative estimate of drug-likeness (QED) is 0.889. The SMILES string of the molecule is COc1ccc([C@@H](C#N)[NH+]2CCCCC2)cc1OC. The van der Waals surface area contributed by atoms with E-state index in [2.05, 4.69) is 6.07 Å². The molecule has 0 aliphatic carbocycles. The number of quaternary nitrogens is 1. The molecule has 1 atom stereocenters. The van der Waals surface area contributed by atoms with E-state index in [0.29, 0.717) is 11.5 Å². The first-order valence-electron chi connectivity index (χ1n) is 6.76. The molecule has 0 radical (unpaired) electrons. The van der Waals surface area contributed by atoms with Crippen LogP contribution >= 0.6 is 0 Å². The molecule has 1 aliphatic rings. The third kappa shape index (κ3) is 2.99. The third-order valence-corrected chi connectivity index (χ3v) is 3.77. The first kappa shape index (κ1) is 13.7. The fraction of sp³-hybridized carbons (Fsp3) is 0.533. The highest BCUT2D eigenvalue weighted by Crippen LogP contribution is 2.29. The van der Waals surface area contributed by atoms with Gasteiger partial charge in [-0.3, -0.25) is 0 Å². The fourth-order valence-electron chi connectivity index (χ4n) is 2.73. The maximum Gasteiger partial charge on any atom is 0.200 e. The van der Waals surface area contributed by atoms with Crippen molar-refractivity contribution in [3.05, 3.63) is 23.8 Å². The Morgan fingerprint density at radius 2 is 1.79 bits per heavy atom. The molecule has 1 fully saturated rings. The number of likely N-dealkylation sites (tertiary alicyclic amines) is 1. The largest absolute Gasteiger partial charge is 0.493 e. The Bertz CT molecular complexity index is 462. The van der Waals surface area contributed by atoms with Crippen LogP contribution in [-0.4, -0.2) is 27.3 Å². The lowest BCUT2D eigenvalue weighted by molar-refractivity contribution is -0.927. The molecular formula is C15H21N2O2+. The standard InChI is InChI=1S/C15H20N2O2/c1-18-14-7-6-12(10-15(14)19-2)13(11-16)17-8-4-3-5-9-17/h6-7,10,13H,3-5,8-9H2,1-2H3/p+1/t13-/m1/s1. The van der Waals surface area contributed by atoms with Crippen molar-refractivity contribution in [2.24, 2.45) is 0 Å². The van der Waals surface area contributed by atoms with Crippen molar-refractivity contribution in [3.8, 4) is 17.6 Å². The molecule has 1 aromatic carbocycles. The number of piperidine rings is 1. The minimum Gasteiger partial charge on any atom is -0.493 e. The van der Waals surface area contributed by atoms with Crippen LogP contribution in [0.2, 0.25) is 0 Å². The zero-order valence-corrected chi connectivity index (χ0v) is 11.6. The highest BCUT2D eigenvalue weighted by molar-refractivity contribution is 5.44. The monoisotopic (exact) mass is 261 g/mol. The summed E-state index contributed by atoms with van der Waals surface area (Å²) in [6.45, 7) is 2.15. The van der Waals surface area contributed by atoms with Crippen LogP contribution < -0.4 is 14.4 Å². The summed E-state index contributed by atoms with van der Waals surface area (Å²) in [5.74, 6) is 1.40. The number of nitrogens with one attached hydrogen (secondary N) is 1. The molecule has 0 spiro atoms. The maximum absolute atomic E-state index is 9.48. The van der Waals surface area contributed by atoms with Gasteiger partial charge in [-0.25, -0.2) is 0 Å². The highest BCUT2D eigenvalue weighted by Gasteiger charge is 2.26. The van der Waals surface area contributed by atoms with Gasteiger partial charge < -0.3 is 14.4 Å². The van der Waals surface area contributed by atoms with Crippen molar-refractivity contribution < 1.29 is 14.4 Å². The second kappa shape index (κ2) is 6.44. The summed E-state index contributed by atoms with van der Waals surface area (Å²) in [4.78, 5) is 1.36. The summed E-state index contributed by atoms with van der Waals surface area (Å²) in [5.41, 5.74) is 1.01. The molecule has 1 saturated heterocycles. The van der Waals surface area contributed by atoms with Crippen molar-refractivity contribution in [1.82, 2.24) is 0 Å². The third-order valence-electron chi connectivity index (χ3n) is 3.77. The van der Waals surface area contributed by atoms with E-state index in [1.54, 1.807) is 14.2 Å². The Morgan fingerprint density at radius 1 is 1.11 bits per heavy atom. The topological polar surface area (TPSA) is 46.7 Å². The van der Waals surface area contributed by atoms with Gasteiger partial charge in [0.2, 0.25) is 6.04 Å². The maximum atomic E-state index is 9.48. The van der Waals surface area contributed by atoms with Gasteiger partial charge in [-0.15, -0.1) is 0 Å². The Morgan fingerprint density at radius 3 is 2.37 bits per heavy atom. The molecule has 0 amide bonds. The molecule has 4 heteroatoms. The van der Waals surface area contributed by atoms with E-state index in [1.807, 2.05) is 18.2 Å². The lowest BCUT2D eigenvalue weighted by Crippen LogP contribution is -3.13. The van der Waals surface area contributed by atoms with E-state index in [1.165, 1.54) is 24.2 Å². The Kier molecular flexibility index (Phi) is 4.64. The molecule has 19 heavy (non-hydrogen) atoms. The number of hydrogen-bond acceptors (Lipinski definition) is 3. The van der Waals surface area contributed by atoms with Crippen LogP contribution in [0, 0.1) is 11.3 Å². The van der Waals surface area contributed by atoms with E-state index in [-0.39, 0.29) is 6.04 Å². The van der Waals surface area contributed by atoms with Crippen molar-refractivity contribution in [2.75, 3.05) is 27.3 Å². The van der Waals surface area contributed by atoms with Crippen LogP contribution in [0.15, 0.2) is 18.2 Å². The van der Waals surface area contributed by atoms with E-state index >= 15 is 0 Å². The lowest BCUT2D eigenvalue weighted by atomic mass is 10.0. The van der Waals surface area contributed by atoms with Crippen molar-refractivity contribution in [1.29, 1.82) is 5.26 Å². The van der Waals surface area contributed by atoms with Crippen molar-refractivity contribution in [2.45, 2.75) is 25.3 Å². The van der Waals surface area contributed by atoms with Crippen LogP contribution in [0.5, 0.6) is 11.5 Å². The summed E-state index contributed by atoms with van der Waals surface area (Å²) >= 11 is 0. The molecule has 1 aliphatic heterocycles. The molecule has 0 saturated carbocycles. The lowest BCUT2D eigenvalue weighted by Gasteiger charge is -2.27. The summed E-state index contributed by atoms with van der Waals surface area (Å²) in [7, 11) is 3.24. The average molecular weight is 261 g/mol. The van der Waals surface area contributed by atoms with Gasteiger partial charge in [0.05, 0.1) is 27.3 Å². The van der Waals surface area contributed by atoms with Gasteiger partial charge in [-0.1, -0.05) is 0 Å². The smallest absolute Gasteiger partial charge is 0.200 e. The van der Waals surface area contributed by atoms with Gasteiger partial charge >= 0.3 is 0 Å². The number of nitriles is 1. The van der Waals surface area contributed by atoms with Crippen LogP contribution in [0.3, 0.4) is 0 Å².